The molecule has 9 nitrogen and oxygen atoms in total. The smallest absolute Gasteiger partial charge is 0.422 e. The number of sulfonamides is 1. The Kier molecular flexibility index (Phi) is 6.59. The van der Waals surface area contributed by atoms with Crippen molar-refractivity contribution in [3.8, 4) is 5.75 Å². The topological polar surface area (TPSA) is 119 Å². The predicted octanol–water partition coefficient (Wildman–Crippen LogP) is 3.87. The van der Waals surface area contributed by atoms with Crippen LogP contribution in [-0.2, 0) is 34.9 Å². The lowest BCUT2D eigenvalue weighted by Gasteiger charge is -2.35. The van der Waals surface area contributed by atoms with Gasteiger partial charge in [-0.25, -0.2) is 13.1 Å². The van der Waals surface area contributed by atoms with Crippen molar-refractivity contribution in [2.75, 3.05) is 6.61 Å². The molecule has 41 heavy (non-hydrogen) atoms. The van der Waals surface area contributed by atoms with Gasteiger partial charge in [0.2, 0.25) is 0 Å². The highest BCUT2D eigenvalue weighted by atomic mass is 32.2. The number of aromatic nitrogens is 2. The first-order valence-electron chi connectivity index (χ1n) is 13.3. The maximum Gasteiger partial charge on any atom is 0.422 e. The van der Waals surface area contributed by atoms with Gasteiger partial charge in [-0.05, 0) is 60.6 Å². The molecule has 6 rings (SSSR count). The lowest BCUT2D eigenvalue weighted by atomic mass is 9.82. The number of amides is 2. The van der Waals surface area contributed by atoms with Crippen LogP contribution in [-0.4, -0.2) is 42.8 Å². The lowest BCUT2D eigenvalue weighted by Crippen LogP contribution is -2.50. The van der Waals surface area contributed by atoms with Crippen LogP contribution in [0.4, 0.5) is 13.2 Å². The van der Waals surface area contributed by atoms with Crippen molar-refractivity contribution >= 4 is 21.8 Å². The molecule has 1 aliphatic heterocycles. The van der Waals surface area contributed by atoms with Crippen molar-refractivity contribution in [3.63, 3.8) is 0 Å². The highest BCUT2D eigenvalue weighted by molar-refractivity contribution is 7.90. The number of rotatable bonds is 8. The summed E-state index contributed by atoms with van der Waals surface area (Å²) in [7, 11) is -4.20. The minimum Gasteiger partial charge on any atom is -0.484 e. The second-order valence-corrected chi connectivity index (χ2v) is 12.5. The molecule has 2 heterocycles. The molecule has 216 valence electrons. The van der Waals surface area contributed by atoms with Gasteiger partial charge in [0.05, 0.1) is 21.7 Å². The first-order chi connectivity index (χ1) is 19.4. The fourth-order valence-corrected chi connectivity index (χ4v) is 6.69. The maximum absolute atomic E-state index is 13.6. The molecule has 0 bridgehead atoms. The number of fused-ring (bicyclic) bond motifs is 3. The zero-order valence-electron chi connectivity index (χ0n) is 21.8. The number of hydrogen-bond acceptors (Lipinski definition) is 6. The van der Waals surface area contributed by atoms with Crippen LogP contribution in [0.15, 0.2) is 53.4 Å². The molecular formula is C28H27F3N4O5S. The Bertz CT molecular complexity index is 1630. The summed E-state index contributed by atoms with van der Waals surface area (Å²) in [5, 5.41) is 7.66. The van der Waals surface area contributed by atoms with E-state index < -0.39 is 40.2 Å². The molecule has 3 aromatic rings. The number of nitrogens with zero attached hydrogens (tertiary/aromatic N) is 2. The number of aryl methyl sites for hydroxylation is 2. The summed E-state index contributed by atoms with van der Waals surface area (Å²) in [5.41, 5.74) is 0.945. The predicted molar refractivity (Wildman–Crippen MR) is 140 cm³/mol. The first-order valence-corrected chi connectivity index (χ1v) is 14.8. The van der Waals surface area contributed by atoms with E-state index in [1.807, 2.05) is 0 Å². The number of hydrogen-bond donors (Lipinski definition) is 2. The average Bonchev–Trinajstić information content (AvgIpc) is 3.59. The van der Waals surface area contributed by atoms with Crippen LogP contribution in [0.1, 0.15) is 63.4 Å². The normalized spacial score (nSPS) is 19.9. The van der Waals surface area contributed by atoms with Crippen LogP contribution < -0.4 is 14.8 Å². The van der Waals surface area contributed by atoms with E-state index >= 15 is 0 Å². The summed E-state index contributed by atoms with van der Waals surface area (Å²) in [6.45, 7) is -1.05. The highest BCUT2D eigenvalue weighted by Gasteiger charge is 2.47. The molecular weight excluding hydrogens is 561 g/mol. The summed E-state index contributed by atoms with van der Waals surface area (Å²) in [6, 6.07) is 12.1. The Morgan fingerprint density at radius 1 is 1.17 bits per heavy atom. The van der Waals surface area contributed by atoms with Gasteiger partial charge >= 0.3 is 6.18 Å². The fraction of sp³-hybridized carbons (Fsp3) is 0.393. The van der Waals surface area contributed by atoms with Gasteiger partial charge in [-0.2, -0.15) is 18.3 Å². The maximum atomic E-state index is 13.6. The number of halogens is 3. The van der Waals surface area contributed by atoms with Crippen LogP contribution in [0.2, 0.25) is 0 Å². The summed E-state index contributed by atoms with van der Waals surface area (Å²) >= 11 is 0. The molecule has 0 radical (unpaired) electrons. The SMILES string of the molecule is O=C1N[C@@]2(CCc3cc(OCC(F)(F)F)ccc32)Cc2nn(CCC3CC3)c(C(=O)NS(=O)(=O)c3ccccc3)c21. The number of ether oxygens (including phenoxy) is 1. The Labute approximate surface area is 234 Å². The van der Waals surface area contributed by atoms with E-state index in [4.69, 9.17) is 4.74 Å². The molecule has 2 amide bonds. The average molecular weight is 589 g/mol. The van der Waals surface area contributed by atoms with E-state index in [9.17, 15) is 31.2 Å². The quantitative estimate of drug-likeness (QED) is 0.413. The van der Waals surface area contributed by atoms with Gasteiger partial charge in [0.25, 0.3) is 21.8 Å². The third-order valence-electron chi connectivity index (χ3n) is 7.83. The van der Waals surface area contributed by atoms with Gasteiger partial charge in [0.15, 0.2) is 6.61 Å². The van der Waals surface area contributed by atoms with E-state index in [1.54, 1.807) is 30.3 Å². The number of carbonyl (C=O) groups is 2. The number of benzene rings is 2. The molecule has 1 saturated carbocycles. The van der Waals surface area contributed by atoms with Crippen molar-refractivity contribution in [3.05, 3.63) is 76.6 Å². The van der Waals surface area contributed by atoms with Gasteiger partial charge in [-0.1, -0.05) is 37.1 Å². The molecule has 1 atom stereocenters. The standard InChI is InChI=1S/C28H27F3N4O5S/c29-28(30,31)16-40-19-8-9-21-18(14-19)10-12-27(21)15-22-23(25(36)32-27)24(35(33-22)13-11-17-6-7-17)26(37)34-41(38,39)20-4-2-1-3-5-20/h1-5,8-9,14,17H,6-7,10-13,15-16H2,(H,32,36)(H,34,37)/t27-/m0/s1. The van der Waals surface area contributed by atoms with E-state index in [-0.39, 0.29) is 28.3 Å². The molecule has 1 spiro atoms. The minimum absolute atomic E-state index is 0.0331. The number of alkyl halides is 3. The van der Waals surface area contributed by atoms with E-state index in [1.165, 1.54) is 22.9 Å². The molecule has 3 aliphatic rings. The van der Waals surface area contributed by atoms with Crippen LogP contribution in [0, 0.1) is 5.92 Å². The fourth-order valence-electron chi connectivity index (χ4n) is 5.71. The molecule has 0 saturated heterocycles. The monoisotopic (exact) mass is 588 g/mol. The van der Waals surface area contributed by atoms with Crippen molar-refractivity contribution < 1.29 is 35.9 Å². The molecule has 13 heteroatoms. The van der Waals surface area contributed by atoms with E-state index in [0.29, 0.717) is 31.0 Å². The summed E-state index contributed by atoms with van der Waals surface area (Å²) in [4.78, 5) is 27.0. The Morgan fingerprint density at radius 2 is 1.93 bits per heavy atom. The number of nitrogens with one attached hydrogen (secondary N) is 2. The third kappa shape index (κ3) is 5.42. The molecule has 2 aliphatic carbocycles. The lowest BCUT2D eigenvalue weighted by molar-refractivity contribution is -0.153. The van der Waals surface area contributed by atoms with Crippen molar-refractivity contribution in [1.29, 1.82) is 0 Å². The first kappa shape index (κ1) is 27.3. The van der Waals surface area contributed by atoms with E-state index in [0.717, 1.165) is 30.4 Å². The van der Waals surface area contributed by atoms with Gasteiger partial charge in [-0.15, -0.1) is 0 Å². The van der Waals surface area contributed by atoms with Gasteiger partial charge in [-0.3, -0.25) is 14.3 Å². The van der Waals surface area contributed by atoms with E-state index in [2.05, 4.69) is 15.1 Å². The molecule has 1 fully saturated rings. The van der Waals surface area contributed by atoms with Crippen LogP contribution in [0.5, 0.6) is 5.75 Å². The Balaban J connectivity index is 1.31. The molecule has 1 aromatic heterocycles. The van der Waals surface area contributed by atoms with Crippen LogP contribution >= 0.6 is 0 Å². The molecule has 2 N–H and O–H groups in total. The molecule has 2 aromatic carbocycles. The number of carbonyl (C=O) groups excluding carboxylic acids is 2. The highest BCUT2D eigenvalue weighted by Crippen LogP contribution is 2.44. The second kappa shape index (κ2) is 9.89. The Morgan fingerprint density at radius 3 is 2.63 bits per heavy atom. The zero-order valence-corrected chi connectivity index (χ0v) is 22.6. The van der Waals surface area contributed by atoms with Gasteiger partial charge in [0, 0.05) is 13.0 Å². The van der Waals surface area contributed by atoms with Crippen LogP contribution in [0.25, 0.3) is 0 Å². The minimum atomic E-state index is -4.46. The summed E-state index contributed by atoms with van der Waals surface area (Å²) in [5.74, 6) is -0.918. The molecule has 0 unspecified atom stereocenters. The largest absolute Gasteiger partial charge is 0.484 e. The Hall–Kier alpha value is -3.87. The van der Waals surface area contributed by atoms with Crippen molar-refractivity contribution in [1.82, 2.24) is 19.8 Å². The summed E-state index contributed by atoms with van der Waals surface area (Å²) < 4.78 is 72.1. The third-order valence-corrected chi connectivity index (χ3v) is 9.18. The second-order valence-electron chi connectivity index (χ2n) is 10.8. The van der Waals surface area contributed by atoms with Gasteiger partial charge in [0.1, 0.15) is 11.4 Å². The van der Waals surface area contributed by atoms with Crippen LogP contribution in [0.3, 0.4) is 0 Å². The zero-order chi connectivity index (χ0) is 29.0. The van der Waals surface area contributed by atoms with Crippen molar-refractivity contribution in [2.45, 2.75) is 61.7 Å². The van der Waals surface area contributed by atoms with Gasteiger partial charge < -0.3 is 10.1 Å². The summed E-state index contributed by atoms with van der Waals surface area (Å²) in [6.07, 6.45) is -0.362. The van der Waals surface area contributed by atoms with Crippen molar-refractivity contribution in [2.24, 2.45) is 5.92 Å².